The Hall–Kier alpha value is -1.36. The first kappa shape index (κ1) is 14.6. The molecule has 4 fully saturated rings. The van der Waals surface area contributed by atoms with Gasteiger partial charge in [-0.3, -0.25) is 4.79 Å². The van der Waals surface area contributed by atoms with E-state index in [1.807, 2.05) is 0 Å². The lowest BCUT2D eigenvalue weighted by molar-refractivity contribution is -0.197. The van der Waals surface area contributed by atoms with Crippen molar-refractivity contribution in [2.45, 2.75) is 44.1 Å². The highest BCUT2D eigenvalue weighted by molar-refractivity contribution is 5.81. The van der Waals surface area contributed by atoms with Crippen LogP contribution in [0.2, 0.25) is 0 Å². The van der Waals surface area contributed by atoms with Crippen LogP contribution in [0, 0.1) is 17.3 Å². The van der Waals surface area contributed by atoms with Crippen LogP contribution in [0.1, 0.15) is 38.5 Å². The smallest absolute Gasteiger partial charge is 0.330 e. The molecule has 0 saturated heterocycles. The normalized spacial score (nSPS) is 39.9. The number of carbonyl (C=O) groups excluding carboxylic acids is 2. The monoisotopic (exact) mass is 294 g/mol. The third-order valence-electron chi connectivity index (χ3n) is 5.19. The largest absolute Gasteiger partial charge is 0.462 e. The first-order valence-corrected chi connectivity index (χ1v) is 7.64. The van der Waals surface area contributed by atoms with Gasteiger partial charge in [-0.25, -0.2) is 4.79 Å². The van der Waals surface area contributed by atoms with Gasteiger partial charge in [-0.05, 0) is 50.4 Å². The van der Waals surface area contributed by atoms with Crippen LogP contribution in [0.15, 0.2) is 12.7 Å². The van der Waals surface area contributed by atoms with E-state index in [1.54, 1.807) is 0 Å². The molecule has 5 heteroatoms. The van der Waals surface area contributed by atoms with E-state index in [1.165, 1.54) is 0 Å². The van der Waals surface area contributed by atoms with Crippen LogP contribution < -0.4 is 0 Å². The Balaban J connectivity index is 1.57. The highest BCUT2D eigenvalue weighted by atomic mass is 16.6. The van der Waals surface area contributed by atoms with Crippen molar-refractivity contribution in [1.29, 1.82) is 0 Å². The van der Waals surface area contributed by atoms with Crippen LogP contribution >= 0.6 is 0 Å². The quantitative estimate of drug-likeness (QED) is 0.473. The third kappa shape index (κ3) is 2.71. The molecule has 0 aliphatic heterocycles. The van der Waals surface area contributed by atoms with Crippen molar-refractivity contribution in [3.8, 4) is 0 Å². The predicted molar refractivity (Wildman–Crippen MR) is 74.2 cm³/mol. The molecule has 4 saturated carbocycles. The molecule has 4 rings (SSSR count). The van der Waals surface area contributed by atoms with E-state index < -0.39 is 17.0 Å². The molecule has 0 amide bonds. The summed E-state index contributed by atoms with van der Waals surface area (Å²) in [6.07, 6.45) is 6.06. The third-order valence-corrected chi connectivity index (χ3v) is 5.19. The van der Waals surface area contributed by atoms with Crippen LogP contribution in [0.5, 0.6) is 0 Å². The van der Waals surface area contributed by atoms with E-state index >= 15 is 0 Å². The van der Waals surface area contributed by atoms with E-state index in [0.29, 0.717) is 18.3 Å². The van der Waals surface area contributed by atoms with Gasteiger partial charge in [0.05, 0.1) is 11.0 Å². The summed E-state index contributed by atoms with van der Waals surface area (Å²) in [5.74, 6) is 0.143. The van der Waals surface area contributed by atoms with E-state index in [0.717, 1.165) is 38.2 Å². The Morgan fingerprint density at radius 3 is 2.33 bits per heavy atom. The fraction of sp³-hybridized carbons (Fsp3) is 0.750. The Kier molecular flexibility index (Phi) is 3.56. The Labute approximate surface area is 124 Å². The topological polar surface area (TPSA) is 72.8 Å². The predicted octanol–water partition coefficient (Wildman–Crippen LogP) is 1.59. The van der Waals surface area contributed by atoms with Crippen LogP contribution in [0.25, 0.3) is 0 Å². The highest BCUT2D eigenvalue weighted by Crippen LogP contribution is 2.61. The second kappa shape index (κ2) is 5.13. The molecule has 0 radical (unpaired) electrons. The zero-order valence-corrected chi connectivity index (χ0v) is 12.2. The van der Waals surface area contributed by atoms with Gasteiger partial charge in [-0.2, -0.15) is 0 Å². The number of esters is 2. The number of hydrogen-bond acceptors (Lipinski definition) is 5. The van der Waals surface area contributed by atoms with Crippen molar-refractivity contribution >= 4 is 11.9 Å². The maximum Gasteiger partial charge on any atom is 0.330 e. The zero-order valence-electron chi connectivity index (χ0n) is 12.2. The van der Waals surface area contributed by atoms with Gasteiger partial charge in [0.1, 0.15) is 13.2 Å². The highest BCUT2D eigenvalue weighted by Gasteiger charge is 2.60. The maximum atomic E-state index is 12.5. The van der Waals surface area contributed by atoms with E-state index in [4.69, 9.17) is 9.47 Å². The Morgan fingerprint density at radius 1 is 1.14 bits per heavy atom. The molecule has 0 spiro atoms. The van der Waals surface area contributed by atoms with Gasteiger partial charge in [0.15, 0.2) is 0 Å². The van der Waals surface area contributed by atoms with E-state index in [-0.39, 0.29) is 19.2 Å². The average molecular weight is 294 g/mol. The molecule has 0 heterocycles. The molecule has 0 aromatic carbocycles. The lowest BCUT2D eigenvalue weighted by Crippen LogP contribution is -2.58. The number of hydrogen-bond donors (Lipinski definition) is 1. The Morgan fingerprint density at radius 2 is 1.76 bits per heavy atom. The Bertz CT molecular complexity index is 455. The molecule has 5 nitrogen and oxygen atoms in total. The minimum Gasteiger partial charge on any atom is -0.462 e. The summed E-state index contributed by atoms with van der Waals surface area (Å²) in [4.78, 5) is 23.4. The number of ether oxygens (including phenoxy) is 2. The molecular weight excluding hydrogens is 272 g/mol. The summed E-state index contributed by atoms with van der Waals surface area (Å²) in [5.41, 5.74) is -1.18. The van der Waals surface area contributed by atoms with Crippen molar-refractivity contribution in [1.82, 2.24) is 0 Å². The molecule has 4 aliphatic carbocycles. The summed E-state index contributed by atoms with van der Waals surface area (Å²) in [7, 11) is 0. The molecule has 1 N–H and O–H groups in total. The second-order valence-corrected chi connectivity index (χ2v) is 6.97. The van der Waals surface area contributed by atoms with Crippen molar-refractivity contribution < 1.29 is 24.2 Å². The summed E-state index contributed by atoms with van der Waals surface area (Å²) in [6, 6.07) is 0. The minimum atomic E-state index is -0.668. The number of rotatable bonds is 5. The van der Waals surface area contributed by atoms with Gasteiger partial charge in [0.25, 0.3) is 0 Å². The van der Waals surface area contributed by atoms with Crippen molar-refractivity contribution in [3.63, 3.8) is 0 Å². The maximum absolute atomic E-state index is 12.5. The zero-order chi connectivity index (χ0) is 15.1. The van der Waals surface area contributed by atoms with Gasteiger partial charge in [-0.1, -0.05) is 6.58 Å². The van der Waals surface area contributed by atoms with Gasteiger partial charge >= 0.3 is 11.9 Å². The van der Waals surface area contributed by atoms with Crippen LogP contribution in [-0.2, 0) is 19.1 Å². The van der Waals surface area contributed by atoms with Crippen molar-refractivity contribution in [3.05, 3.63) is 12.7 Å². The number of aliphatic hydroxyl groups is 1. The number of carbonyl (C=O) groups is 2. The van der Waals surface area contributed by atoms with Gasteiger partial charge in [0, 0.05) is 6.08 Å². The second-order valence-electron chi connectivity index (χ2n) is 6.97. The molecular formula is C16H22O5. The summed E-state index contributed by atoms with van der Waals surface area (Å²) < 4.78 is 10.1. The van der Waals surface area contributed by atoms with Crippen LogP contribution in [0.4, 0.5) is 0 Å². The molecule has 21 heavy (non-hydrogen) atoms. The molecule has 2 unspecified atom stereocenters. The van der Waals surface area contributed by atoms with Gasteiger partial charge < -0.3 is 14.6 Å². The molecule has 2 atom stereocenters. The summed E-state index contributed by atoms with van der Waals surface area (Å²) in [5, 5.41) is 10.6. The van der Waals surface area contributed by atoms with Crippen LogP contribution in [0.3, 0.4) is 0 Å². The standard InChI is InChI=1S/C16H22O5/c1-2-13(17)20-3-4-21-14(18)15-6-11-5-12(7-15)9-16(19,8-11)10-15/h2,11-12,19H,1,3-10H2. The first-order valence-electron chi connectivity index (χ1n) is 7.64. The lowest BCUT2D eigenvalue weighted by Gasteiger charge is -2.58. The summed E-state index contributed by atoms with van der Waals surface area (Å²) in [6.45, 7) is 3.41. The van der Waals surface area contributed by atoms with Gasteiger partial charge in [-0.15, -0.1) is 0 Å². The van der Waals surface area contributed by atoms with Gasteiger partial charge in [0.2, 0.25) is 0 Å². The van der Waals surface area contributed by atoms with Crippen molar-refractivity contribution in [2.75, 3.05) is 13.2 Å². The molecule has 4 aliphatic rings. The molecule has 0 aromatic heterocycles. The lowest BCUT2D eigenvalue weighted by atomic mass is 9.48. The molecule has 4 bridgehead atoms. The van der Waals surface area contributed by atoms with E-state index in [2.05, 4.69) is 6.58 Å². The van der Waals surface area contributed by atoms with E-state index in [9.17, 15) is 14.7 Å². The first-order chi connectivity index (χ1) is 9.95. The molecule has 116 valence electrons. The minimum absolute atomic E-state index is 0.0454. The SMILES string of the molecule is C=CC(=O)OCCOC(=O)C12CC3CC(CC(O)(C3)C1)C2. The average Bonchev–Trinajstić information content (AvgIpc) is 2.40. The fourth-order valence-electron chi connectivity index (χ4n) is 4.94. The molecule has 0 aromatic rings. The van der Waals surface area contributed by atoms with Crippen LogP contribution in [-0.4, -0.2) is 35.9 Å². The summed E-state index contributed by atoms with van der Waals surface area (Å²) >= 11 is 0. The fourth-order valence-corrected chi connectivity index (χ4v) is 4.94. The van der Waals surface area contributed by atoms with Crippen molar-refractivity contribution in [2.24, 2.45) is 17.3 Å².